The molecule has 0 radical (unpaired) electrons. The van der Waals surface area contributed by atoms with Crippen molar-refractivity contribution >= 4 is 32.3 Å². The number of nitrogens with zero attached hydrogens (tertiary/aromatic N) is 1. The molecule has 2 nitrogen and oxygen atoms in total. The molecule has 4 rings (SSSR count). The maximum atomic E-state index is 6.48. The van der Waals surface area contributed by atoms with E-state index in [0.29, 0.717) is 0 Å². The molecule has 2 aromatic heterocycles. The van der Waals surface area contributed by atoms with E-state index in [9.17, 15) is 0 Å². The Hall–Kier alpha value is -2.23. The lowest BCUT2D eigenvalue weighted by Gasteiger charge is -2.13. The summed E-state index contributed by atoms with van der Waals surface area (Å²) in [7, 11) is 0. The molecule has 0 amide bonds. The van der Waals surface area contributed by atoms with Crippen LogP contribution in [0.1, 0.15) is 17.3 Å². The molecule has 1 atom stereocenters. The Labute approximate surface area is 126 Å². The molecule has 0 aliphatic carbocycles. The Kier molecular flexibility index (Phi) is 2.95. The largest absolute Gasteiger partial charge is 0.319 e. The monoisotopic (exact) mass is 290 g/mol. The van der Waals surface area contributed by atoms with Crippen molar-refractivity contribution in [3.8, 4) is 0 Å². The van der Waals surface area contributed by atoms with Gasteiger partial charge in [-0.05, 0) is 34.5 Å². The highest BCUT2D eigenvalue weighted by Crippen LogP contribution is 2.31. The average molecular weight is 290 g/mol. The van der Waals surface area contributed by atoms with Crippen LogP contribution in [0.15, 0.2) is 66.0 Å². The molecule has 0 spiro atoms. The summed E-state index contributed by atoms with van der Waals surface area (Å²) in [4.78, 5) is 4.72. The molecule has 102 valence electrons. The van der Waals surface area contributed by atoms with Crippen molar-refractivity contribution < 1.29 is 0 Å². The van der Waals surface area contributed by atoms with Crippen molar-refractivity contribution in [2.75, 3.05) is 0 Å². The van der Waals surface area contributed by atoms with Crippen LogP contribution in [0.5, 0.6) is 0 Å². The zero-order valence-electron chi connectivity index (χ0n) is 11.4. The van der Waals surface area contributed by atoms with E-state index in [2.05, 4.69) is 41.8 Å². The van der Waals surface area contributed by atoms with Crippen molar-refractivity contribution in [2.45, 2.75) is 6.04 Å². The van der Waals surface area contributed by atoms with E-state index in [1.54, 1.807) is 11.3 Å². The second kappa shape index (κ2) is 4.95. The minimum atomic E-state index is -0.197. The SMILES string of the molecule is NC(c1ccc2ccccc2n1)c1cccc2ccsc12. The number of aromatic nitrogens is 1. The Balaban J connectivity index is 1.85. The van der Waals surface area contributed by atoms with Gasteiger partial charge in [0, 0.05) is 10.1 Å². The third-order valence-corrected chi connectivity index (χ3v) is 4.76. The Bertz CT molecular complexity index is 926. The lowest BCUT2D eigenvalue weighted by molar-refractivity contribution is 0.845. The summed E-state index contributed by atoms with van der Waals surface area (Å²) in [5.74, 6) is 0. The number of fused-ring (bicyclic) bond motifs is 2. The predicted molar refractivity (Wildman–Crippen MR) is 89.6 cm³/mol. The van der Waals surface area contributed by atoms with Gasteiger partial charge in [-0.3, -0.25) is 4.98 Å². The van der Waals surface area contributed by atoms with Gasteiger partial charge in [-0.2, -0.15) is 0 Å². The van der Waals surface area contributed by atoms with Crippen molar-refractivity contribution in [1.82, 2.24) is 4.98 Å². The zero-order valence-corrected chi connectivity index (χ0v) is 12.2. The minimum Gasteiger partial charge on any atom is -0.319 e. The molecule has 1 unspecified atom stereocenters. The van der Waals surface area contributed by atoms with E-state index < -0.39 is 0 Å². The second-order valence-corrected chi connectivity index (χ2v) is 6.01. The zero-order chi connectivity index (χ0) is 14.2. The second-order valence-electron chi connectivity index (χ2n) is 5.09. The van der Waals surface area contributed by atoms with Gasteiger partial charge in [0.1, 0.15) is 0 Å². The lowest BCUT2D eigenvalue weighted by atomic mass is 10.0. The van der Waals surface area contributed by atoms with E-state index in [1.165, 1.54) is 10.1 Å². The first kappa shape index (κ1) is 12.5. The maximum Gasteiger partial charge on any atom is 0.0740 e. The van der Waals surface area contributed by atoms with Crippen LogP contribution >= 0.6 is 11.3 Å². The Morgan fingerprint density at radius 3 is 2.67 bits per heavy atom. The van der Waals surface area contributed by atoms with E-state index in [-0.39, 0.29) is 6.04 Å². The molecular formula is C18H14N2S. The molecule has 0 fully saturated rings. The fourth-order valence-electron chi connectivity index (χ4n) is 2.68. The maximum absolute atomic E-state index is 6.48. The number of hydrogen-bond acceptors (Lipinski definition) is 3. The van der Waals surface area contributed by atoms with Gasteiger partial charge in [0.2, 0.25) is 0 Å². The molecule has 0 aliphatic rings. The summed E-state index contributed by atoms with van der Waals surface area (Å²) in [6.45, 7) is 0. The van der Waals surface area contributed by atoms with Crippen molar-refractivity contribution in [2.24, 2.45) is 5.73 Å². The standard InChI is InChI=1S/C18H14N2S/c19-17(14-6-3-5-13-10-11-21-18(13)14)16-9-8-12-4-1-2-7-15(12)20-16/h1-11,17H,19H2. The van der Waals surface area contributed by atoms with Crippen molar-refractivity contribution in [1.29, 1.82) is 0 Å². The van der Waals surface area contributed by atoms with Crippen LogP contribution in [-0.4, -0.2) is 4.98 Å². The highest BCUT2D eigenvalue weighted by molar-refractivity contribution is 7.17. The van der Waals surface area contributed by atoms with Crippen molar-refractivity contribution in [3.05, 3.63) is 77.3 Å². The van der Waals surface area contributed by atoms with Gasteiger partial charge in [-0.15, -0.1) is 11.3 Å². The van der Waals surface area contributed by atoms with Crippen LogP contribution in [0.4, 0.5) is 0 Å². The van der Waals surface area contributed by atoms with Crippen molar-refractivity contribution in [3.63, 3.8) is 0 Å². The summed E-state index contributed by atoms with van der Waals surface area (Å²) in [5, 5.41) is 4.49. The summed E-state index contributed by atoms with van der Waals surface area (Å²) in [5.41, 5.74) is 9.52. The van der Waals surface area contributed by atoms with Crippen LogP contribution in [0, 0.1) is 0 Å². The van der Waals surface area contributed by atoms with Crippen LogP contribution in [0.3, 0.4) is 0 Å². The summed E-state index contributed by atoms with van der Waals surface area (Å²) < 4.78 is 1.25. The Morgan fingerprint density at radius 2 is 1.71 bits per heavy atom. The number of thiophene rings is 1. The summed E-state index contributed by atoms with van der Waals surface area (Å²) >= 11 is 1.73. The fraction of sp³-hybridized carbons (Fsp3) is 0.0556. The minimum absolute atomic E-state index is 0.197. The van der Waals surface area contributed by atoms with Crippen LogP contribution in [-0.2, 0) is 0 Å². The summed E-state index contributed by atoms with van der Waals surface area (Å²) in [6, 6.07) is 20.4. The van der Waals surface area contributed by atoms with Gasteiger partial charge in [-0.1, -0.05) is 42.5 Å². The number of benzene rings is 2. The molecule has 21 heavy (non-hydrogen) atoms. The van der Waals surface area contributed by atoms with Gasteiger partial charge < -0.3 is 5.73 Å². The molecule has 0 aliphatic heterocycles. The van der Waals surface area contributed by atoms with Gasteiger partial charge in [0.05, 0.1) is 17.3 Å². The van der Waals surface area contributed by atoms with E-state index in [4.69, 9.17) is 10.7 Å². The number of pyridine rings is 1. The van der Waals surface area contributed by atoms with Crippen LogP contribution in [0.2, 0.25) is 0 Å². The average Bonchev–Trinajstić information content (AvgIpc) is 3.02. The number of para-hydroxylation sites is 1. The molecular weight excluding hydrogens is 276 g/mol. The smallest absolute Gasteiger partial charge is 0.0740 e. The molecule has 3 heteroatoms. The number of nitrogens with two attached hydrogens (primary N) is 1. The van der Waals surface area contributed by atoms with Crippen LogP contribution < -0.4 is 5.73 Å². The molecule has 4 aromatic rings. The van der Waals surface area contributed by atoms with Gasteiger partial charge >= 0.3 is 0 Å². The highest BCUT2D eigenvalue weighted by Gasteiger charge is 2.14. The number of rotatable bonds is 2. The lowest BCUT2D eigenvalue weighted by Crippen LogP contribution is -2.13. The topological polar surface area (TPSA) is 38.9 Å². The molecule has 0 bridgehead atoms. The molecule has 2 N–H and O–H groups in total. The van der Waals surface area contributed by atoms with E-state index in [0.717, 1.165) is 22.2 Å². The van der Waals surface area contributed by atoms with E-state index >= 15 is 0 Å². The molecule has 0 saturated heterocycles. The first-order chi connectivity index (χ1) is 10.3. The first-order valence-electron chi connectivity index (χ1n) is 6.90. The summed E-state index contributed by atoms with van der Waals surface area (Å²) in [6.07, 6.45) is 0. The fourth-order valence-corrected chi connectivity index (χ4v) is 3.63. The van der Waals surface area contributed by atoms with Gasteiger partial charge in [0.15, 0.2) is 0 Å². The highest BCUT2D eigenvalue weighted by atomic mass is 32.1. The van der Waals surface area contributed by atoms with Gasteiger partial charge in [0.25, 0.3) is 0 Å². The third kappa shape index (κ3) is 2.11. The first-order valence-corrected chi connectivity index (χ1v) is 7.78. The predicted octanol–water partition coefficient (Wildman–Crippen LogP) is 4.50. The van der Waals surface area contributed by atoms with E-state index in [1.807, 2.05) is 24.3 Å². The normalized spacial score (nSPS) is 12.8. The molecule has 2 heterocycles. The van der Waals surface area contributed by atoms with Crippen LogP contribution in [0.25, 0.3) is 21.0 Å². The quantitative estimate of drug-likeness (QED) is 0.590. The molecule has 0 saturated carbocycles. The van der Waals surface area contributed by atoms with Gasteiger partial charge in [-0.25, -0.2) is 0 Å². The Morgan fingerprint density at radius 1 is 0.857 bits per heavy atom. The molecule has 2 aromatic carbocycles. The third-order valence-electron chi connectivity index (χ3n) is 3.78. The number of hydrogen-bond donors (Lipinski definition) is 1.